The second-order valence-electron chi connectivity index (χ2n) is 2.24. The number of imidazole rings is 1. The van der Waals surface area contributed by atoms with E-state index in [2.05, 4.69) is 15.0 Å². The van der Waals surface area contributed by atoms with Crippen LogP contribution in [0.2, 0.25) is 0 Å². The molecule has 4 nitrogen and oxygen atoms in total. The molecule has 6 heteroatoms. The van der Waals surface area contributed by atoms with Crippen LogP contribution >= 0.6 is 28.7 Å². The number of halogens is 1. The lowest BCUT2D eigenvalue weighted by Crippen LogP contribution is -2.07. The number of aryl methyl sites for hydroxylation is 1. The van der Waals surface area contributed by atoms with E-state index in [-0.39, 0.29) is 17.0 Å². The number of nitrogens with zero attached hydrogens (tertiary/aromatic N) is 2. The van der Waals surface area contributed by atoms with Crippen molar-refractivity contribution in [3.05, 3.63) is 18.2 Å². The number of H-pyrrole nitrogens is 1. The van der Waals surface area contributed by atoms with Gasteiger partial charge in [-0.3, -0.25) is 4.99 Å². The number of nitrogens with two attached hydrogens (primary N) is 1. The molecule has 0 saturated heterocycles. The second kappa shape index (κ2) is 6.97. The van der Waals surface area contributed by atoms with Crippen molar-refractivity contribution in [2.75, 3.05) is 12.8 Å². The van der Waals surface area contributed by atoms with Crippen LogP contribution in [0.3, 0.4) is 0 Å². The third kappa shape index (κ3) is 4.94. The minimum Gasteiger partial charge on any atom is -0.379 e. The van der Waals surface area contributed by atoms with Gasteiger partial charge in [-0.25, -0.2) is 4.98 Å². The fourth-order valence-electron chi connectivity index (χ4n) is 0.752. The molecule has 0 atom stereocenters. The van der Waals surface area contributed by atoms with Gasteiger partial charge in [0.2, 0.25) is 0 Å². The Hall–Kier alpha value is -0.490. The number of amidine groups is 1. The average Bonchev–Trinajstić information content (AvgIpc) is 2.57. The first-order valence-corrected chi connectivity index (χ1v) is 4.64. The van der Waals surface area contributed by atoms with E-state index in [0.29, 0.717) is 5.17 Å². The Morgan fingerprint density at radius 2 is 2.54 bits per heavy atom. The van der Waals surface area contributed by atoms with Crippen molar-refractivity contribution in [2.45, 2.75) is 6.42 Å². The van der Waals surface area contributed by atoms with Crippen molar-refractivity contribution in [1.82, 2.24) is 9.97 Å². The van der Waals surface area contributed by atoms with E-state index in [4.69, 9.17) is 5.73 Å². The number of aromatic nitrogens is 2. The third-order valence-corrected chi connectivity index (χ3v) is 2.28. The van der Waals surface area contributed by atoms with Crippen LogP contribution in [0, 0.1) is 0 Å². The normalized spacial score (nSPS) is 11.0. The maximum absolute atomic E-state index is 5.50. The lowest BCUT2D eigenvalue weighted by Gasteiger charge is -1.97. The fraction of sp³-hybridized carbons (Fsp3) is 0.429. The first-order chi connectivity index (χ1) is 5.83. The quantitative estimate of drug-likeness (QED) is 0.637. The van der Waals surface area contributed by atoms with Gasteiger partial charge in [-0.05, 0) is 6.42 Å². The summed E-state index contributed by atoms with van der Waals surface area (Å²) in [5, 5.41) is 0.634. The molecule has 0 amide bonds. The summed E-state index contributed by atoms with van der Waals surface area (Å²) < 4.78 is 0. The summed E-state index contributed by atoms with van der Waals surface area (Å²) in [5.74, 6) is 0.936. The van der Waals surface area contributed by atoms with Crippen molar-refractivity contribution in [3.8, 4) is 0 Å². The molecule has 0 aromatic carbocycles. The minimum absolute atomic E-state index is 0. The molecule has 13 heavy (non-hydrogen) atoms. The molecule has 0 bridgehead atoms. The molecule has 0 saturated carbocycles. The van der Waals surface area contributed by atoms with Crippen molar-refractivity contribution >= 4 is 33.9 Å². The van der Waals surface area contributed by atoms with Crippen molar-refractivity contribution in [2.24, 2.45) is 10.7 Å². The molecule has 74 valence electrons. The van der Waals surface area contributed by atoms with Crippen LogP contribution in [0.5, 0.6) is 0 Å². The maximum atomic E-state index is 5.50. The number of hydrogen-bond acceptors (Lipinski definition) is 3. The van der Waals surface area contributed by atoms with Gasteiger partial charge < -0.3 is 10.7 Å². The minimum atomic E-state index is 0. The molecule has 0 aliphatic rings. The van der Waals surface area contributed by atoms with Gasteiger partial charge in [-0.2, -0.15) is 0 Å². The van der Waals surface area contributed by atoms with Crippen LogP contribution < -0.4 is 5.73 Å². The van der Waals surface area contributed by atoms with Crippen molar-refractivity contribution < 1.29 is 0 Å². The van der Waals surface area contributed by atoms with Crippen LogP contribution in [-0.4, -0.2) is 27.9 Å². The van der Waals surface area contributed by atoms with E-state index in [1.807, 2.05) is 6.20 Å². The van der Waals surface area contributed by atoms with Gasteiger partial charge in [-0.1, -0.05) is 11.8 Å². The number of hydrogen-bond donors (Lipinski definition) is 2. The summed E-state index contributed by atoms with van der Waals surface area (Å²) in [6.07, 6.45) is 4.44. The van der Waals surface area contributed by atoms with E-state index >= 15 is 0 Å². The zero-order chi connectivity index (χ0) is 8.81. The Morgan fingerprint density at radius 3 is 3.08 bits per heavy atom. The Labute approximate surface area is 92.2 Å². The summed E-state index contributed by atoms with van der Waals surface area (Å²) in [6, 6.07) is 0. The van der Waals surface area contributed by atoms with Gasteiger partial charge in [0.25, 0.3) is 0 Å². The smallest absolute Gasteiger partial charge is 0.153 e. The first-order valence-electron chi connectivity index (χ1n) is 3.65. The first kappa shape index (κ1) is 12.5. The van der Waals surface area contributed by atoms with E-state index in [0.717, 1.165) is 17.9 Å². The van der Waals surface area contributed by atoms with Crippen molar-refractivity contribution in [3.63, 3.8) is 0 Å². The van der Waals surface area contributed by atoms with Crippen LogP contribution in [0.1, 0.15) is 5.69 Å². The second-order valence-corrected chi connectivity index (χ2v) is 3.35. The summed E-state index contributed by atoms with van der Waals surface area (Å²) in [5.41, 5.74) is 6.63. The fourth-order valence-corrected chi connectivity index (χ4v) is 1.41. The molecule has 3 N–H and O–H groups in total. The number of aliphatic imine (C=N–C) groups is 1. The van der Waals surface area contributed by atoms with Gasteiger partial charge in [0.05, 0.1) is 6.33 Å². The molecule has 0 unspecified atom stereocenters. The molecule has 0 radical (unpaired) electrons. The van der Waals surface area contributed by atoms with E-state index in [1.165, 1.54) is 0 Å². The van der Waals surface area contributed by atoms with Gasteiger partial charge in [0.15, 0.2) is 5.17 Å². The highest BCUT2D eigenvalue weighted by Gasteiger charge is 1.95. The van der Waals surface area contributed by atoms with E-state index < -0.39 is 0 Å². The molecule has 1 rings (SSSR count). The Bertz CT molecular complexity index is 247. The number of rotatable bonds is 3. The standard InChI is InChI=1S/C7H12N4S.BrH/c1-9-7(8)12-3-2-6-4-10-5-11-6;/h4-5H,2-3H2,1H3,(H2,8,9)(H,10,11);1H. The zero-order valence-electron chi connectivity index (χ0n) is 7.36. The molecule has 0 aliphatic carbocycles. The van der Waals surface area contributed by atoms with Crippen LogP contribution in [0.15, 0.2) is 17.5 Å². The highest BCUT2D eigenvalue weighted by Crippen LogP contribution is 2.03. The SMILES string of the molecule is Br.CN=C(N)SCCc1cnc[nH]1. The van der Waals surface area contributed by atoms with Crippen molar-refractivity contribution in [1.29, 1.82) is 0 Å². The topological polar surface area (TPSA) is 67.1 Å². The summed E-state index contributed by atoms with van der Waals surface area (Å²) in [4.78, 5) is 10.8. The van der Waals surface area contributed by atoms with Crippen LogP contribution in [0.4, 0.5) is 0 Å². The van der Waals surface area contributed by atoms with Crippen LogP contribution in [0.25, 0.3) is 0 Å². The van der Waals surface area contributed by atoms with Gasteiger partial charge in [-0.15, -0.1) is 17.0 Å². The molecule has 0 spiro atoms. The Morgan fingerprint density at radius 1 is 1.77 bits per heavy atom. The highest BCUT2D eigenvalue weighted by molar-refractivity contribution is 8.93. The molecule has 0 fully saturated rings. The van der Waals surface area contributed by atoms with Gasteiger partial charge in [0, 0.05) is 24.7 Å². The average molecular weight is 265 g/mol. The molecular formula is C7H13BrN4S. The predicted molar refractivity (Wildman–Crippen MR) is 62.6 cm³/mol. The van der Waals surface area contributed by atoms with Crippen LogP contribution in [-0.2, 0) is 6.42 Å². The monoisotopic (exact) mass is 264 g/mol. The maximum Gasteiger partial charge on any atom is 0.153 e. The Kier molecular flexibility index (Phi) is 6.70. The van der Waals surface area contributed by atoms with E-state index in [9.17, 15) is 0 Å². The Balaban J connectivity index is 0.00000144. The molecular weight excluding hydrogens is 252 g/mol. The zero-order valence-corrected chi connectivity index (χ0v) is 9.89. The van der Waals surface area contributed by atoms with Gasteiger partial charge in [0.1, 0.15) is 0 Å². The molecule has 0 aliphatic heterocycles. The predicted octanol–water partition coefficient (Wildman–Crippen LogP) is 1.21. The summed E-state index contributed by atoms with van der Waals surface area (Å²) in [7, 11) is 1.69. The molecule has 1 aromatic rings. The highest BCUT2D eigenvalue weighted by atomic mass is 79.9. The third-order valence-electron chi connectivity index (χ3n) is 1.40. The largest absolute Gasteiger partial charge is 0.379 e. The summed E-state index contributed by atoms with van der Waals surface area (Å²) in [6.45, 7) is 0. The lowest BCUT2D eigenvalue weighted by atomic mass is 10.4. The number of thioether (sulfide) groups is 1. The molecule has 1 aromatic heterocycles. The molecule has 1 heterocycles. The van der Waals surface area contributed by atoms with Gasteiger partial charge >= 0.3 is 0 Å². The summed E-state index contributed by atoms with van der Waals surface area (Å²) >= 11 is 1.55. The number of aromatic amines is 1. The number of nitrogens with one attached hydrogen (secondary N) is 1. The van der Waals surface area contributed by atoms with E-state index in [1.54, 1.807) is 25.1 Å². The lowest BCUT2D eigenvalue weighted by molar-refractivity contribution is 1.08.